The number of hydrogen-bond acceptors (Lipinski definition) is 2. The summed E-state index contributed by atoms with van der Waals surface area (Å²) in [6, 6.07) is 0.617. The van der Waals surface area contributed by atoms with Gasteiger partial charge in [0.15, 0.2) is 0 Å². The van der Waals surface area contributed by atoms with E-state index in [2.05, 4.69) is 26.1 Å². The molecule has 0 bridgehead atoms. The molecule has 0 aromatic carbocycles. The lowest BCUT2D eigenvalue weighted by molar-refractivity contribution is -0.0641. The fourth-order valence-electron chi connectivity index (χ4n) is 9.48. The number of fused-ring (bicyclic) bond motifs is 6. The second-order valence-electron chi connectivity index (χ2n) is 12.5. The maximum atomic E-state index is 6.92. The van der Waals surface area contributed by atoms with E-state index < -0.39 is 0 Å². The molecule has 2 nitrogen and oxygen atoms in total. The molecule has 9 atom stereocenters. The second kappa shape index (κ2) is 6.83. The van der Waals surface area contributed by atoms with Gasteiger partial charge in [-0.05, 0) is 113 Å². The maximum absolute atomic E-state index is 6.92. The monoisotopic (exact) mass is 397 g/mol. The van der Waals surface area contributed by atoms with Crippen LogP contribution in [0, 0.1) is 35.0 Å². The van der Waals surface area contributed by atoms with Crippen molar-refractivity contribution in [3.05, 3.63) is 11.1 Å². The topological polar surface area (TPSA) is 21.3 Å². The third-order valence-corrected chi connectivity index (χ3v) is 10.9. The first-order valence-electron chi connectivity index (χ1n) is 13.1. The van der Waals surface area contributed by atoms with Crippen LogP contribution in [0.2, 0.25) is 0 Å². The van der Waals surface area contributed by atoms with Crippen LogP contribution in [0.4, 0.5) is 0 Å². The zero-order valence-electron chi connectivity index (χ0n) is 19.1. The summed E-state index contributed by atoms with van der Waals surface area (Å²) in [5.41, 5.74) is 4.44. The van der Waals surface area contributed by atoms with Gasteiger partial charge in [-0.2, -0.15) is 0 Å². The van der Waals surface area contributed by atoms with Crippen molar-refractivity contribution in [1.82, 2.24) is 5.32 Å². The van der Waals surface area contributed by atoms with Gasteiger partial charge in [-0.25, -0.2) is 0 Å². The van der Waals surface area contributed by atoms with E-state index in [1.165, 1.54) is 83.6 Å². The number of nitrogens with one attached hydrogen (secondary N) is 1. The van der Waals surface area contributed by atoms with Crippen LogP contribution in [-0.4, -0.2) is 24.3 Å². The lowest BCUT2D eigenvalue weighted by Gasteiger charge is -2.52. The van der Waals surface area contributed by atoms with Crippen LogP contribution in [0.15, 0.2) is 11.1 Å². The van der Waals surface area contributed by atoms with Gasteiger partial charge in [-0.15, -0.1) is 0 Å². The average molecular weight is 398 g/mol. The van der Waals surface area contributed by atoms with Crippen LogP contribution < -0.4 is 5.32 Å². The molecule has 0 radical (unpaired) electrons. The Morgan fingerprint density at radius 3 is 2.86 bits per heavy atom. The standard InChI is InChI=1S/C27H43NO/c1-17-12-25-24(28-16-17)15-27(29-25)11-9-20-21-8-7-19-6-4-5-10-26(19,3)23(21)13-22(20)18(2)14-27/h17,19-21,23-25,28H,4-16H2,1-3H3/t17-,19-,20-,21-,23-,24-,25+,26-,27-/m0/s1. The first-order valence-corrected chi connectivity index (χ1v) is 13.1. The molecule has 3 saturated carbocycles. The summed E-state index contributed by atoms with van der Waals surface area (Å²) in [5.74, 6) is 4.65. The first-order chi connectivity index (χ1) is 14.0. The Hall–Kier alpha value is -0.340. The number of piperidine rings is 1. The highest BCUT2D eigenvalue weighted by Crippen LogP contribution is 2.64. The largest absolute Gasteiger partial charge is 0.370 e. The Balaban J connectivity index is 1.26. The Kier molecular flexibility index (Phi) is 4.56. The molecular weight excluding hydrogens is 354 g/mol. The number of hydrogen-bond donors (Lipinski definition) is 1. The summed E-state index contributed by atoms with van der Waals surface area (Å²) in [5, 5.41) is 3.83. The molecule has 2 heterocycles. The number of allylic oxidation sites excluding steroid dienone is 1. The van der Waals surface area contributed by atoms with Crippen LogP contribution in [0.3, 0.4) is 0 Å². The highest BCUT2D eigenvalue weighted by atomic mass is 16.5. The van der Waals surface area contributed by atoms with Crippen molar-refractivity contribution in [2.75, 3.05) is 6.54 Å². The smallest absolute Gasteiger partial charge is 0.0740 e. The average Bonchev–Trinajstić information content (AvgIpc) is 3.20. The predicted molar refractivity (Wildman–Crippen MR) is 119 cm³/mol. The molecule has 1 spiro atoms. The van der Waals surface area contributed by atoms with Gasteiger partial charge >= 0.3 is 0 Å². The van der Waals surface area contributed by atoms with E-state index in [1.54, 1.807) is 5.57 Å². The minimum absolute atomic E-state index is 0.148. The van der Waals surface area contributed by atoms with Crippen LogP contribution in [0.5, 0.6) is 0 Å². The van der Waals surface area contributed by atoms with Gasteiger partial charge < -0.3 is 10.1 Å². The molecule has 0 amide bonds. The Labute approximate surface area is 178 Å². The SMILES string of the molecule is CC1=C2C[C@H]3[C@@H](CC[C@@H]4CCCC[C@@]43C)[C@@H]2CC[C@]2(C1)C[C@@H]1NC[C@@H](C)C[C@H]1O2. The van der Waals surface area contributed by atoms with Gasteiger partial charge in [0.2, 0.25) is 0 Å². The predicted octanol–water partition coefficient (Wildman–Crippen LogP) is 6.26. The molecule has 0 aromatic rings. The molecule has 2 aliphatic heterocycles. The van der Waals surface area contributed by atoms with Crippen molar-refractivity contribution in [3.63, 3.8) is 0 Å². The van der Waals surface area contributed by atoms with Crippen LogP contribution in [0.25, 0.3) is 0 Å². The van der Waals surface area contributed by atoms with E-state index in [1.807, 2.05) is 5.57 Å². The lowest BCUT2D eigenvalue weighted by atomic mass is 9.52. The molecule has 0 aromatic heterocycles. The van der Waals surface area contributed by atoms with Gasteiger partial charge in [0.05, 0.1) is 11.7 Å². The van der Waals surface area contributed by atoms with E-state index >= 15 is 0 Å². The van der Waals surface area contributed by atoms with Gasteiger partial charge in [0, 0.05) is 6.04 Å². The van der Waals surface area contributed by atoms with E-state index in [-0.39, 0.29) is 5.60 Å². The molecule has 162 valence electrons. The van der Waals surface area contributed by atoms with Crippen LogP contribution in [-0.2, 0) is 4.74 Å². The molecule has 1 N–H and O–H groups in total. The summed E-state index contributed by atoms with van der Waals surface area (Å²) >= 11 is 0. The minimum Gasteiger partial charge on any atom is -0.370 e. The normalized spacial score (nSPS) is 54.5. The van der Waals surface area contributed by atoms with Crippen molar-refractivity contribution in [2.45, 2.75) is 116 Å². The molecule has 0 unspecified atom stereocenters. The third kappa shape index (κ3) is 2.94. The zero-order chi connectivity index (χ0) is 19.8. The van der Waals surface area contributed by atoms with Gasteiger partial charge in [-0.3, -0.25) is 0 Å². The maximum Gasteiger partial charge on any atom is 0.0740 e. The molecule has 2 heteroatoms. The van der Waals surface area contributed by atoms with Gasteiger partial charge in [0.1, 0.15) is 0 Å². The Bertz CT molecular complexity index is 699. The highest BCUT2D eigenvalue weighted by molar-refractivity contribution is 5.28. The highest BCUT2D eigenvalue weighted by Gasteiger charge is 2.57. The zero-order valence-corrected chi connectivity index (χ0v) is 19.1. The van der Waals surface area contributed by atoms with Crippen molar-refractivity contribution < 1.29 is 4.74 Å². The molecule has 2 saturated heterocycles. The van der Waals surface area contributed by atoms with E-state index in [0.29, 0.717) is 17.6 Å². The molecule has 6 aliphatic rings. The summed E-state index contributed by atoms with van der Waals surface area (Å²) in [7, 11) is 0. The number of ether oxygens (including phenoxy) is 1. The van der Waals surface area contributed by atoms with E-state index in [0.717, 1.165) is 29.6 Å². The fraction of sp³-hybridized carbons (Fsp3) is 0.926. The summed E-state index contributed by atoms with van der Waals surface area (Å²) in [4.78, 5) is 0. The Morgan fingerprint density at radius 1 is 1.07 bits per heavy atom. The molecule has 5 fully saturated rings. The summed E-state index contributed by atoms with van der Waals surface area (Å²) in [6.45, 7) is 8.76. The summed E-state index contributed by atoms with van der Waals surface area (Å²) < 4.78 is 6.92. The van der Waals surface area contributed by atoms with Crippen molar-refractivity contribution in [2.24, 2.45) is 35.0 Å². The lowest BCUT2D eigenvalue weighted by Crippen LogP contribution is -2.45. The molecule has 29 heavy (non-hydrogen) atoms. The minimum atomic E-state index is 0.148. The Morgan fingerprint density at radius 2 is 1.97 bits per heavy atom. The molecule has 6 rings (SSSR count). The quantitative estimate of drug-likeness (QED) is 0.487. The fourth-order valence-corrected chi connectivity index (χ4v) is 9.48. The number of rotatable bonds is 0. The van der Waals surface area contributed by atoms with Crippen molar-refractivity contribution >= 4 is 0 Å². The van der Waals surface area contributed by atoms with Gasteiger partial charge in [-0.1, -0.05) is 37.8 Å². The van der Waals surface area contributed by atoms with E-state index in [9.17, 15) is 0 Å². The third-order valence-electron chi connectivity index (χ3n) is 10.9. The molecular formula is C27H43NO. The van der Waals surface area contributed by atoms with Crippen LogP contribution in [0.1, 0.15) is 97.8 Å². The van der Waals surface area contributed by atoms with Crippen LogP contribution >= 0.6 is 0 Å². The van der Waals surface area contributed by atoms with Gasteiger partial charge in [0.25, 0.3) is 0 Å². The second-order valence-corrected chi connectivity index (χ2v) is 12.5. The van der Waals surface area contributed by atoms with E-state index in [4.69, 9.17) is 4.74 Å². The molecule has 4 aliphatic carbocycles. The summed E-state index contributed by atoms with van der Waals surface area (Å²) in [6.07, 6.45) is 17.4. The first kappa shape index (κ1) is 19.4. The van der Waals surface area contributed by atoms with Crippen molar-refractivity contribution in [3.8, 4) is 0 Å². The van der Waals surface area contributed by atoms with Crippen molar-refractivity contribution in [1.29, 1.82) is 0 Å².